The Bertz CT molecular complexity index is 896. The number of H-pyrrole nitrogens is 1. The van der Waals surface area contributed by atoms with Gasteiger partial charge in [-0.3, -0.25) is 9.00 Å². The number of anilines is 1. The molecule has 6 nitrogen and oxygen atoms in total. The van der Waals surface area contributed by atoms with Crippen molar-refractivity contribution in [1.29, 1.82) is 0 Å². The summed E-state index contributed by atoms with van der Waals surface area (Å²) >= 11 is -2.33. The molecular formula is C15H13ClN3O3S-. The molecule has 0 spiro atoms. The second-order valence-electron chi connectivity index (χ2n) is 4.76. The average molecular weight is 351 g/mol. The average Bonchev–Trinajstić information content (AvgIpc) is 2.52. The first-order chi connectivity index (χ1) is 10.6. The molecule has 0 aliphatic heterocycles. The molecule has 0 bridgehead atoms. The van der Waals surface area contributed by atoms with Gasteiger partial charge < -0.3 is 9.27 Å². The summed E-state index contributed by atoms with van der Waals surface area (Å²) in [6.45, 7) is 0. The van der Waals surface area contributed by atoms with Gasteiger partial charge in [0.2, 0.25) is 0 Å². The maximum Gasteiger partial charge on any atom is 0.272 e. The molecular weight excluding hydrogens is 338 g/mol. The molecule has 1 heterocycles. The highest BCUT2D eigenvalue weighted by molar-refractivity contribution is 7.80. The number of hydrogen-bond acceptors (Lipinski definition) is 4. The molecule has 0 radical (unpaired) electrons. The third-order valence-corrected chi connectivity index (χ3v) is 3.70. The van der Waals surface area contributed by atoms with Gasteiger partial charge in [-0.05, 0) is 23.8 Å². The van der Waals surface area contributed by atoms with Gasteiger partial charge in [-0.25, -0.2) is 5.10 Å². The SMILES string of the molecule is Cl.O=c1[nH]nc(Cc2ccc(NS(=O)[O-])cc2)c2ccccc12. The molecule has 0 saturated carbocycles. The molecule has 3 rings (SSSR count). The summed E-state index contributed by atoms with van der Waals surface area (Å²) < 4.78 is 23.4. The van der Waals surface area contributed by atoms with E-state index in [1.165, 1.54) is 0 Å². The largest absolute Gasteiger partial charge is 0.755 e. The fourth-order valence-electron chi connectivity index (χ4n) is 2.29. The summed E-state index contributed by atoms with van der Waals surface area (Å²) in [5.74, 6) is 0. The normalized spacial score (nSPS) is 11.7. The predicted octanol–water partition coefficient (Wildman–Crippen LogP) is 2.14. The van der Waals surface area contributed by atoms with E-state index in [1.54, 1.807) is 18.2 Å². The van der Waals surface area contributed by atoms with Crippen molar-refractivity contribution >= 4 is 40.1 Å². The lowest BCUT2D eigenvalue weighted by atomic mass is 10.0. The van der Waals surface area contributed by atoms with Crippen LogP contribution in [-0.2, 0) is 17.7 Å². The Morgan fingerprint density at radius 1 is 1.09 bits per heavy atom. The van der Waals surface area contributed by atoms with Crippen molar-refractivity contribution in [3.8, 4) is 0 Å². The lowest BCUT2D eigenvalue weighted by Gasteiger charge is -2.09. The van der Waals surface area contributed by atoms with Crippen LogP contribution >= 0.6 is 12.4 Å². The summed E-state index contributed by atoms with van der Waals surface area (Å²) in [6, 6.07) is 14.3. The monoisotopic (exact) mass is 350 g/mol. The molecule has 0 saturated heterocycles. The summed E-state index contributed by atoms with van der Waals surface area (Å²) in [7, 11) is 0. The van der Waals surface area contributed by atoms with Gasteiger partial charge in [0, 0.05) is 28.8 Å². The minimum atomic E-state index is -2.33. The van der Waals surface area contributed by atoms with Gasteiger partial charge in [-0.2, -0.15) is 5.10 Å². The van der Waals surface area contributed by atoms with Gasteiger partial charge in [0.15, 0.2) is 0 Å². The molecule has 8 heteroatoms. The minimum Gasteiger partial charge on any atom is -0.755 e. The number of benzene rings is 2. The third kappa shape index (κ3) is 3.95. The molecule has 1 atom stereocenters. The first kappa shape index (κ1) is 17.1. The fourth-order valence-corrected chi connectivity index (χ4v) is 2.61. The van der Waals surface area contributed by atoms with Gasteiger partial charge >= 0.3 is 0 Å². The molecule has 120 valence electrons. The predicted molar refractivity (Wildman–Crippen MR) is 91.4 cm³/mol. The van der Waals surface area contributed by atoms with Crippen molar-refractivity contribution in [1.82, 2.24) is 10.2 Å². The number of aromatic nitrogens is 2. The Labute approximate surface area is 140 Å². The van der Waals surface area contributed by atoms with Crippen LogP contribution in [0.15, 0.2) is 53.3 Å². The zero-order valence-electron chi connectivity index (χ0n) is 11.8. The van der Waals surface area contributed by atoms with Gasteiger partial charge in [0.05, 0.1) is 11.1 Å². The van der Waals surface area contributed by atoms with E-state index >= 15 is 0 Å². The van der Waals surface area contributed by atoms with Crippen molar-refractivity contribution in [3.05, 3.63) is 70.1 Å². The van der Waals surface area contributed by atoms with Crippen LogP contribution in [-0.4, -0.2) is 19.0 Å². The van der Waals surface area contributed by atoms with Crippen LogP contribution in [0.4, 0.5) is 5.69 Å². The molecule has 23 heavy (non-hydrogen) atoms. The van der Waals surface area contributed by atoms with Crippen LogP contribution in [0.1, 0.15) is 11.3 Å². The van der Waals surface area contributed by atoms with E-state index in [1.807, 2.05) is 30.3 Å². The third-order valence-electron chi connectivity index (χ3n) is 3.30. The van der Waals surface area contributed by atoms with Crippen LogP contribution in [0.3, 0.4) is 0 Å². The van der Waals surface area contributed by atoms with E-state index in [2.05, 4.69) is 14.9 Å². The number of hydrogen-bond donors (Lipinski definition) is 2. The number of aromatic amines is 1. The van der Waals surface area contributed by atoms with E-state index in [9.17, 15) is 13.6 Å². The highest BCUT2D eigenvalue weighted by Crippen LogP contribution is 2.17. The Balaban J connectivity index is 0.00000192. The van der Waals surface area contributed by atoms with Gasteiger partial charge in [-0.15, -0.1) is 12.4 Å². The quantitative estimate of drug-likeness (QED) is 0.704. The zero-order chi connectivity index (χ0) is 15.5. The van der Waals surface area contributed by atoms with Crippen molar-refractivity contribution < 1.29 is 8.76 Å². The van der Waals surface area contributed by atoms with E-state index in [0.29, 0.717) is 17.5 Å². The molecule has 0 fully saturated rings. The summed E-state index contributed by atoms with van der Waals surface area (Å²) in [4.78, 5) is 11.7. The van der Waals surface area contributed by atoms with E-state index < -0.39 is 11.3 Å². The smallest absolute Gasteiger partial charge is 0.272 e. The Morgan fingerprint density at radius 3 is 2.39 bits per heavy atom. The lowest BCUT2D eigenvalue weighted by molar-refractivity contribution is 0.542. The highest BCUT2D eigenvalue weighted by Gasteiger charge is 2.06. The Hall–Kier alpha value is -2.22. The standard InChI is InChI=1S/C15H13N3O3S.ClH/c19-15-13-4-2-1-3-12(13)14(16-17-15)9-10-5-7-11(8-6-10)18-22(20)21;/h1-8,18H,9H2,(H,17,19)(H,20,21);1H/p-1. The molecule has 1 aromatic heterocycles. The summed E-state index contributed by atoms with van der Waals surface area (Å²) in [5.41, 5.74) is 2.02. The van der Waals surface area contributed by atoms with Crippen LogP contribution in [0, 0.1) is 0 Å². The number of nitrogens with one attached hydrogen (secondary N) is 2. The minimum absolute atomic E-state index is 0. The van der Waals surface area contributed by atoms with Crippen molar-refractivity contribution in [2.45, 2.75) is 6.42 Å². The second kappa shape index (κ2) is 7.36. The Morgan fingerprint density at radius 2 is 1.74 bits per heavy atom. The molecule has 2 aromatic carbocycles. The molecule has 0 amide bonds. The number of nitrogens with zero attached hydrogens (tertiary/aromatic N) is 1. The second-order valence-corrected chi connectivity index (χ2v) is 5.43. The highest BCUT2D eigenvalue weighted by atomic mass is 35.5. The van der Waals surface area contributed by atoms with Crippen molar-refractivity contribution in [3.63, 3.8) is 0 Å². The molecule has 3 aromatic rings. The zero-order valence-corrected chi connectivity index (χ0v) is 13.4. The van der Waals surface area contributed by atoms with Crippen LogP contribution in [0.2, 0.25) is 0 Å². The maximum atomic E-state index is 11.7. The fraction of sp³-hybridized carbons (Fsp3) is 0.0667. The lowest BCUT2D eigenvalue weighted by Crippen LogP contribution is -2.11. The van der Waals surface area contributed by atoms with Gasteiger partial charge in [0.25, 0.3) is 5.56 Å². The molecule has 2 N–H and O–H groups in total. The van der Waals surface area contributed by atoms with Crippen LogP contribution in [0.25, 0.3) is 10.8 Å². The number of halogens is 1. The molecule has 0 aliphatic rings. The molecule has 1 unspecified atom stereocenters. The van der Waals surface area contributed by atoms with Crippen LogP contribution < -0.4 is 10.3 Å². The van der Waals surface area contributed by atoms with Gasteiger partial charge in [0.1, 0.15) is 0 Å². The maximum absolute atomic E-state index is 11.7. The Kier molecular flexibility index (Phi) is 5.49. The number of rotatable bonds is 4. The van der Waals surface area contributed by atoms with E-state index in [-0.39, 0.29) is 18.0 Å². The van der Waals surface area contributed by atoms with Crippen molar-refractivity contribution in [2.24, 2.45) is 0 Å². The van der Waals surface area contributed by atoms with Gasteiger partial charge in [-0.1, -0.05) is 30.3 Å². The van der Waals surface area contributed by atoms with Crippen molar-refractivity contribution in [2.75, 3.05) is 4.72 Å². The number of fused-ring (bicyclic) bond motifs is 1. The molecule has 0 aliphatic carbocycles. The van der Waals surface area contributed by atoms with Crippen LogP contribution in [0.5, 0.6) is 0 Å². The van der Waals surface area contributed by atoms with E-state index in [4.69, 9.17) is 0 Å². The summed E-state index contributed by atoms with van der Waals surface area (Å²) in [6.07, 6.45) is 0.540. The summed E-state index contributed by atoms with van der Waals surface area (Å²) in [5, 5.41) is 8.04. The van der Waals surface area contributed by atoms with E-state index in [0.717, 1.165) is 16.6 Å². The first-order valence-corrected chi connectivity index (χ1v) is 7.62. The topological polar surface area (TPSA) is 97.9 Å². The first-order valence-electron chi connectivity index (χ1n) is 6.54.